The van der Waals surface area contributed by atoms with Gasteiger partial charge in [0, 0.05) is 23.7 Å². The molecule has 1 unspecified atom stereocenters. The van der Waals surface area contributed by atoms with Gasteiger partial charge in [0.25, 0.3) is 0 Å². The molecular weight excluding hydrogens is 204 g/mol. The summed E-state index contributed by atoms with van der Waals surface area (Å²) in [7, 11) is 0. The molecule has 0 fully saturated rings. The minimum Gasteiger partial charge on any atom is -0.308 e. The lowest BCUT2D eigenvalue weighted by Crippen LogP contribution is -2.24. The van der Waals surface area contributed by atoms with Gasteiger partial charge in [0.15, 0.2) is 0 Å². The topological polar surface area (TPSA) is 24.9 Å². The van der Waals surface area contributed by atoms with Crippen LogP contribution in [-0.4, -0.2) is 11.0 Å². The highest BCUT2D eigenvalue weighted by Gasteiger charge is 2.06. The van der Waals surface area contributed by atoms with Gasteiger partial charge in [0.1, 0.15) is 5.01 Å². The van der Waals surface area contributed by atoms with Gasteiger partial charge >= 0.3 is 0 Å². The molecule has 0 saturated heterocycles. The van der Waals surface area contributed by atoms with Gasteiger partial charge in [0.2, 0.25) is 0 Å². The number of aromatic nitrogens is 1. The molecule has 0 radical (unpaired) electrons. The number of rotatable bonds is 6. The summed E-state index contributed by atoms with van der Waals surface area (Å²) in [5, 5.41) is 4.60. The number of thiazole rings is 1. The predicted octanol–water partition coefficient (Wildman–Crippen LogP) is 3.32. The van der Waals surface area contributed by atoms with Crippen molar-refractivity contribution in [1.82, 2.24) is 10.3 Å². The standard InChI is InChI=1S/C12H20N2S/c1-5-6-10(4)13-8-12-14-7-11(15-12)9(2)3/h5,7,9-10,13H,1,6,8H2,2-4H3. The van der Waals surface area contributed by atoms with Crippen molar-refractivity contribution < 1.29 is 0 Å². The lowest BCUT2D eigenvalue weighted by molar-refractivity contribution is 0.552. The first-order valence-electron chi connectivity index (χ1n) is 5.42. The van der Waals surface area contributed by atoms with Crippen molar-refractivity contribution in [1.29, 1.82) is 0 Å². The molecule has 2 nitrogen and oxygen atoms in total. The number of nitrogens with one attached hydrogen (secondary N) is 1. The van der Waals surface area contributed by atoms with Crippen molar-refractivity contribution in [3.05, 3.63) is 28.7 Å². The first-order valence-corrected chi connectivity index (χ1v) is 6.24. The van der Waals surface area contributed by atoms with Crippen molar-refractivity contribution in [3.8, 4) is 0 Å². The van der Waals surface area contributed by atoms with E-state index in [-0.39, 0.29) is 0 Å². The molecule has 1 heterocycles. The Morgan fingerprint density at radius 3 is 2.80 bits per heavy atom. The zero-order valence-corrected chi connectivity index (χ0v) is 10.6. The second kappa shape index (κ2) is 6.03. The molecule has 0 aliphatic carbocycles. The molecule has 0 saturated carbocycles. The molecule has 3 heteroatoms. The van der Waals surface area contributed by atoms with Crippen molar-refractivity contribution >= 4 is 11.3 Å². The SMILES string of the molecule is C=CCC(C)NCc1ncc(C(C)C)s1. The summed E-state index contributed by atoms with van der Waals surface area (Å²) in [5.74, 6) is 0.585. The second-order valence-corrected chi connectivity index (χ2v) is 5.26. The molecule has 0 bridgehead atoms. The van der Waals surface area contributed by atoms with E-state index in [0.29, 0.717) is 12.0 Å². The van der Waals surface area contributed by atoms with Crippen LogP contribution in [0.1, 0.15) is 43.0 Å². The zero-order chi connectivity index (χ0) is 11.3. The Kier molecular flexibility index (Phi) is 4.99. The molecule has 0 aliphatic heterocycles. The molecular formula is C12H20N2S. The molecule has 1 atom stereocenters. The summed E-state index contributed by atoms with van der Waals surface area (Å²) >= 11 is 1.80. The van der Waals surface area contributed by atoms with E-state index < -0.39 is 0 Å². The summed E-state index contributed by atoms with van der Waals surface area (Å²) in [4.78, 5) is 5.76. The lowest BCUT2D eigenvalue weighted by Gasteiger charge is -2.09. The fourth-order valence-electron chi connectivity index (χ4n) is 1.27. The fourth-order valence-corrected chi connectivity index (χ4v) is 2.14. The van der Waals surface area contributed by atoms with Gasteiger partial charge in [-0.15, -0.1) is 17.9 Å². The van der Waals surface area contributed by atoms with Crippen LogP contribution in [0.15, 0.2) is 18.9 Å². The van der Waals surface area contributed by atoms with Gasteiger partial charge in [-0.1, -0.05) is 19.9 Å². The molecule has 1 aromatic rings. The summed E-state index contributed by atoms with van der Waals surface area (Å²) in [5.41, 5.74) is 0. The number of hydrogen-bond acceptors (Lipinski definition) is 3. The third-order valence-electron chi connectivity index (χ3n) is 2.26. The predicted molar refractivity (Wildman–Crippen MR) is 67.3 cm³/mol. The highest BCUT2D eigenvalue weighted by molar-refractivity contribution is 7.11. The van der Waals surface area contributed by atoms with Crippen LogP contribution in [-0.2, 0) is 6.54 Å². The van der Waals surface area contributed by atoms with E-state index in [2.05, 4.69) is 37.7 Å². The summed E-state index contributed by atoms with van der Waals surface area (Å²) in [6.45, 7) is 11.2. The van der Waals surface area contributed by atoms with E-state index in [9.17, 15) is 0 Å². The van der Waals surface area contributed by atoms with Gasteiger partial charge < -0.3 is 5.32 Å². The maximum absolute atomic E-state index is 4.40. The van der Waals surface area contributed by atoms with Gasteiger partial charge in [0.05, 0.1) is 0 Å². The molecule has 0 aromatic carbocycles. The second-order valence-electron chi connectivity index (χ2n) is 4.12. The Balaban J connectivity index is 2.40. The maximum Gasteiger partial charge on any atom is 0.107 e. The van der Waals surface area contributed by atoms with Crippen LogP contribution in [0.2, 0.25) is 0 Å². The summed E-state index contributed by atoms with van der Waals surface area (Å²) in [6.07, 6.45) is 4.94. The zero-order valence-electron chi connectivity index (χ0n) is 9.79. The van der Waals surface area contributed by atoms with Gasteiger partial charge in [-0.2, -0.15) is 0 Å². The normalized spacial score (nSPS) is 13.1. The highest BCUT2D eigenvalue weighted by atomic mass is 32.1. The number of hydrogen-bond donors (Lipinski definition) is 1. The Labute approximate surface area is 96.4 Å². The Bertz CT molecular complexity index is 304. The summed E-state index contributed by atoms with van der Waals surface area (Å²) < 4.78 is 0. The third kappa shape index (κ3) is 4.14. The average Bonchev–Trinajstić information content (AvgIpc) is 2.63. The quantitative estimate of drug-likeness (QED) is 0.750. The van der Waals surface area contributed by atoms with E-state index in [1.54, 1.807) is 11.3 Å². The molecule has 1 aromatic heterocycles. The smallest absolute Gasteiger partial charge is 0.107 e. The van der Waals surface area contributed by atoms with Gasteiger partial charge in [-0.3, -0.25) is 0 Å². The molecule has 1 rings (SSSR count). The highest BCUT2D eigenvalue weighted by Crippen LogP contribution is 2.21. The first kappa shape index (κ1) is 12.4. The Hall–Kier alpha value is -0.670. The average molecular weight is 224 g/mol. The van der Waals surface area contributed by atoms with Crippen LogP contribution in [0.5, 0.6) is 0 Å². The Morgan fingerprint density at radius 2 is 2.27 bits per heavy atom. The minimum atomic E-state index is 0.480. The lowest BCUT2D eigenvalue weighted by atomic mass is 10.2. The molecule has 0 amide bonds. The molecule has 1 N–H and O–H groups in total. The van der Waals surface area contributed by atoms with Crippen LogP contribution >= 0.6 is 11.3 Å². The Morgan fingerprint density at radius 1 is 1.53 bits per heavy atom. The van der Waals surface area contributed by atoms with E-state index in [0.717, 1.165) is 13.0 Å². The largest absolute Gasteiger partial charge is 0.308 e. The fraction of sp³-hybridized carbons (Fsp3) is 0.583. The van der Waals surface area contributed by atoms with Crippen molar-refractivity contribution in [2.45, 2.75) is 45.7 Å². The van der Waals surface area contributed by atoms with Gasteiger partial charge in [-0.05, 0) is 19.3 Å². The van der Waals surface area contributed by atoms with Crippen LogP contribution in [0.4, 0.5) is 0 Å². The van der Waals surface area contributed by atoms with Gasteiger partial charge in [-0.25, -0.2) is 4.98 Å². The van der Waals surface area contributed by atoms with Crippen LogP contribution in [0, 0.1) is 0 Å². The third-order valence-corrected chi connectivity index (χ3v) is 3.56. The van der Waals surface area contributed by atoms with Crippen LogP contribution < -0.4 is 5.32 Å². The van der Waals surface area contributed by atoms with Crippen molar-refractivity contribution in [2.75, 3.05) is 0 Å². The van der Waals surface area contributed by atoms with E-state index in [4.69, 9.17) is 0 Å². The molecule has 84 valence electrons. The van der Waals surface area contributed by atoms with E-state index in [1.807, 2.05) is 12.3 Å². The van der Waals surface area contributed by atoms with Crippen molar-refractivity contribution in [3.63, 3.8) is 0 Å². The maximum atomic E-state index is 4.40. The summed E-state index contributed by atoms with van der Waals surface area (Å²) in [6, 6.07) is 0.480. The first-order chi connectivity index (χ1) is 7.13. The molecule has 0 spiro atoms. The monoisotopic (exact) mass is 224 g/mol. The number of nitrogens with zero attached hydrogens (tertiary/aromatic N) is 1. The van der Waals surface area contributed by atoms with E-state index >= 15 is 0 Å². The molecule has 15 heavy (non-hydrogen) atoms. The van der Waals surface area contributed by atoms with Crippen LogP contribution in [0.25, 0.3) is 0 Å². The van der Waals surface area contributed by atoms with Crippen molar-refractivity contribution in [2.24, 2.45) is 0 Å². The van der Waals surface area contributed by atoms with E-state index in [1.165, 1.54) is 9.88 Å². The minimum absolute atomic E-state index is 0.480. The molecule has 0 aliphatic rings. The van der Waals surface area contributed by atoms with Crippen LogP contribution in [0.3, 0.4) is 0 Å².